The van der Waals surface area contributed by atoms with Crippen LogP contribution in [0, 0.1) is 5.92 Å². The van der Waals surface area contributed by atoms with Gasteiger partial charge in [-0.05, 0) is 46.2 Å². The Labute approximate surface area is 128 Å². The zero-order chi connectivity index (χ0) is 16.4. The minimum Gasteiger partial charge on any atom is -0.480 e. The average Bonchev–Trinajstić information content (AvgIpc) is 2.42. The summed E-state index contributed by atoms with van der Waals surface area (Å²) in [7, 11) is 2.08. The van der Waals surface area contributed by atoms with E-state index in [1.165, 1.54) is 0 Å². The third kappa shape index (κ3) is 8.55. The Morgan fingerprint density at radius 3 is 2.29 bits per heavy atom. The number of carbonyl (C=O) groups excluding carboxylic acids is 1. The molecule has 0 rings (SSSR count). The molecule has 6 heteroatoms. The highest BCUT2D eigenvalue weighted by molar-refractivity contribution is 5.82. The Morgan fingerprint density at radius 2 is 1.81 bits per heavy atom. The van der Waals surface area contributed by atoms with Crippen LogP contribution in [0.15, 0.2) is 0 Å². The van der Waals surface area contributed by atoms with Crippen molar-refractivity contribution in [3.05, 3.63) is 0 Å². The van der Waals surface area contributed by atoms with Gasteiger partial charge < -0.3 is 20.6 Å². The number of unbranched alkanes of at least 4 members (excludes halogenated alkanes) is 1. The summed E-state index contributed by atoms with van der Waals surface area (Å²) >= 11 is 0. The maximum absolute atomic E-state index is 11.7. The van der Waals surface area contributed by atoms with E-state index in [0.29, 0.717) is 19.0 Å². The summed E-state index contributed by atoms with van der Waals surface area (Å²) in [6, 6.07) is -0.713. The van der Waals surface area contributed by atoms with E-state index in [1.54, 1.807) is 0 Å². The van der Waals surface area contributed by atoms with E-state index in [0.717, 1.165) is 19.4 Å². The number of nitrogens with zero attached hydrogens (tertiary/aromatic N) is 1. The van der Waals surface area contributed by atoms with Crippen LogP contribution < -0.4 is 10.6 Å². The number of rotatable bonds is 10. The van der Waals surface area contributed by atoms with Gasteiger partial charge in [0.1, 0.15) is 6.04 Å². The number of hydrogen-bond donors (Lipinski definition) is 3. The van der Waals surface area contributed by atoms with Crippen molar-refractivity contribution in [3.63, 3.8) is 0 Å². The standard InChI is InChI=1S/C15H31N3O3/c1-6-12(4)13(14(19)20)17-15(21)16-9-7-8-10-18(5)11(2)3/h11-13H,6-10H2,1-5H3,(H,19,20)(H2,16,17,21)/t12-,13-/m0/s1. The molecule has 2 amide bonds. The lowest BCUT2D eigenvalue weighted by molar-refractivity contribution is -0.140. The topological polar surface area (TPSA) is 81.7 Å². The van der Waals surface area contributed by atoms with Crippen LogP contribution in [-0.4, -0.2) is 54.2 Å². The molecule has 0 aliphatic rings. The quantitative estimate of drug-likeness (QED) is 0.538. The molecule has 2 atom stereocenters. The molecule has 0 unspecified atom stereocenters. The zero-order valence-electron chi connectivity index (χ0n) is 14.0. The number of aliphatic carboxylic acids is 1. The van der Waals surface area contributed by atoms with E-state index >= 15 is 0 Å². The second kappa shape index (κ2) is 10.4. The van der Waals surface area contributed by atoms with Gasteiger partial charge in [0.05, 0.1) is 0 Å². The van der Waals surface area contributed by atoms with Crippen molar-refractivity contribution in [1.82, 2.24) is 15.5 Å². The van der Waals surface area contributed by atoms with Gasteiger partial charge in [0.25, 0.3) is 0 Å². The monoisotopic (exact) mass is 301 g/mol. The fourth-order valence-corrected chi connectivity index (χ4v) is 1.82. The van der Waals surface area contributed by atoms with Crippen LogP contribution in [0.2, 0.25) is 0 Å². The van der Waals surface area contributed by atoms with Gasteiger partial charge in [-0.25, -0.2) is 9.59 Å². The van der Waals surface area contributed by atoms with E-state index in [4.69, 9.17) is 5.11 Å². The molecular weight excluding hydrogens is 270 g/mol. The fraction of sp³-hybridized carbons (Fsp3) is 0.867. The van der Waals surface area contributed by atoms with Gasteiger partial charge >= 0.3 is 12.0 Å². The number of carboxylic acids is 1. The summed E-state index contributed by atoms with van der Waals surface area (Å²) in [5.74, 6) is -1.08. The van der Waals surface area contributed by atoms with Crippen molar-refractivity contribution in [3.8, 4) is 0 Å². The van der Waals surface area contributed by atoms with Gasteiger partial charge in [0.15, 0.2) is 0 Å². The first kappa shape index (κ1) is 19.7. The lowest BCUT2D eigenvalue weighted by atomic mass is 9.99. The molecule has 0 radical (unpaired) electrons. The number of carbonyl (C=O) groups is 2. The minimum absolute atomic E-state index is 0.0899. The molecule has 0 aromatic heterocycles. The van der Waals surface area contributed by atoms with Crippen LogP contribution in [-0.2, 0) is 4.79 Å². The number of hydrogen-bond acceptors (Lipinski definition) is 3. The number of carboxylic acid groups (broad SMARTS) is 1. The van der Waals surface area contributed by atoms with Crippen molar-refractivity contribution in [1.29, 1.82) is 0 Å². The Kier molecular flexibility index (Phi) is 9.78. The molecule has 124 valence electrons. The molecule has 0 heterocycles. The summed E-state index contributed by atoms with van der Waals surface area (Å²) in [4.78, 5) is 25.0. The molecule has 0 fully saturated rings. The smallest absolute Gasteiger partial charge is 0.326 e. The molecule has 0 aliphatic heterocycles. The summed E-state index contributed by atoms with van der Waals surface area (Å²) in [5.41, 5.74) is 0. The zero-order valence-corrected chi connectivity index (χ0v) is 14.0. The summed E-state index contributed by atoms with van der Waals surface area (Å²) in [5, 5.41) is 14.3. The Morgan fingerprint density at radius 1 is 1.19 bits per heavy atom. The second-order valence-corrected chi connectivity index (χ2v) is 5.88. The van der Waals surface area contributed by atoms with E-state index in [1.807, 2.05) is 13.8 Å². The molecule has 0 saturated carbocycles. The van der Waals surface area contributed by atoms with Crippen molar-refractivity contribution in [2.45, 2.75) is 59.0 Å². The SMILES string of the molecule is CC[C@H](C)[C@H](NC(=O)NCCCCN(C)C(C)C)C(=O)O. The Balaban J connectivity index is 3.91. The maximum atomic E-state index is 11.7. The number of amides is 2. The van der Waals surface area contributed by atoms with Crippen LogP contribution in [0.1, 0.15) is 47.0 Å². The minimum atomic E-state index is -0.988. The largest absolute Gasteiger partial charge is 0.480 e. The van der Waals surface area contributed by atoms with E-state index in [-0.39, 0.29) is 5.92 Å². The predicted molar refractivity (Wildman–Crippen MR) is 84.4 cm³/mol. The van der Waals surface area contributed by atoms with Crippen LogP contribution in [0.5, 0.6) is 0 Å². The second-order valence-electron chi connectivity index (χ2n) is 5.88. The van der Waals surface area contributed by atoms with Gasteiger partial charge in [-0.1, -0.05) is 20.3 Å². The molecule has 0 aromatic carbocycles. The average molecular weight is 301 g/mol. The molecule has 0 spiro atoms. The summed E-state index contributed by atoms with van der Waals surface area (Å²) in [6.45, 7) is 9.57. The molecule has 0 aromatic rings. The number of nitrogens with one attached hydrogen (secondary N) is 2. The lowest BCUT2D eigenvalue weighted by Crippen LogP contribution is -2.49. The fourth-order valence-electron chi connectivity index (χ4n) is 1.82. The lowest BCUT2D eigenvalue weighted by Gasteiger charge is -2.21. The molecule has 21 heavy (non-hydrogen) atoms. The van der Waals surface area contributed by atoms with Crippen molar-refractivity contribution < 1.29 is 14.7 Å². The normalized spacial score (nSPS) is 14.0. The first-order chi connectivity index (χ1) is 9.79. The van der Waals surface area contributed by atoms with E-state index in [2.05, 4.69) is 36.4 Å². The first-order valence-corrected chi connectivity index (χ1v) is 7.77. The highest BCUT2D eigenvalue weighted by Crippen LogP contribution is 2.07. The van der Waals surface area contributed by atoms with E-state index < -0.39 is 18.0 Å². The Hall–Kier alpha value is -1.30. The van der Waals surface area contributed by atoms with Crippen LogP contribution in [0.4, 0.5) is 4.79 Å². The number of urea groups is 1. The Bertz CT molecular complexity index is 321. The predicted octanol–water partition coefficient (Wildman–Crippen LogP) is 1.91. The summed E-state index contributed by atoms with van der Waals surface area (Å²) in [6.07, 6.45) is 2.59. The van der Waals surface area contributed by atoms with Gasteiger partial charge in [-0.15, -0.1) is 0 Å². The molecule has 0 saturated heterocycles. The van der Waals surface area contributed by atoms with Crippen LogP contribution in [0.3, 0.4) is 0 Å². The third-order valence-electron chi connectivity index (χ3n) is 3.87. The third-order valence-corrected chi connectivity index (χ3v) is 3.87. The highest BCUT2D eigenvalue weighted by Gasteiger charge is 2.24. The van der Waals surface area contributed by atoms with Crippen LogP contribution in [0.25, 0.3) is 0 Å². The molecule has 6 nitrogen and oxygen atoms in total. The van der Waals surface area contributed by atoms with Gasteiger partial charge in [-0.2, -0.15) is 0 Å². The van der Waals surface area contributed by atoms with Crippen LogP contribution >= 0.6 is 0 Å². The van der Waals surface area contributed by atoms with Gasteiger partial charge in [0.2, 0.25) is 0 Å². The van der Waals surface area contributed by atoms with Crippen molar-refractivity contribution in [2.24, 2.45) is 5.92 Å². The highest BCUT2D eigenvalue weighted by atomic mass is 16.4. The first-order valence-electron chi connectivity index (χ1n) is 7.77. The maximum Gasteiger partial charge on any atom is 0.326 e. The summed E-state index contributed by atoms with van der Waals surface area (Å²) < 4.78 is 0. The van der Waals surface area contributed by atoms with E-state index in [9.17, 15) is 9.59 Å². The molecular formula is C15H31N3O3. The van der Waals surface area contributed by atoms with Gasteiger partial charge in [0, 0.05) is 12.6 Å². The molecule has 0 aliphatic carbocycles. The van der Waals surface area contributed by atoms with Gasteiger partial charge in [-0.3, -0.25) is 0 Å². The molecule has 0 bridgehead atoms. The van der Waals surface area contributed by atoms with Crippen molar-refractivity contribution in [2.75, 3.05) is 20.1 Å². The van der Waals surface area contributed by atoms with Crippen molar-refractivity contribution >= 4 is 12.0 Å². The molecule has 3 N–H and O–H groups in total.